The van der Waals surface area contributed by atoms with Crippen molar-refractivity contribution in [2.75, 3.05) is 13.2 Å². The molecule has 0 bridgehead atoms. The predicted octanol–water partition coefficient (Wildman–Crippen LogP) is 2.32. The molecule has 102 valence electrons. The zero-order valence-corrected chi connectivity index (χ0v) is 12.0. The fourth-order valence-corrected chi connectivity index (χ4v) is 2.11. The molecule has 1 aliphatic rings. The molecule has 2 rings (SSSR count). The molecule has 1 aromatic rings. The summed E-state index contributed by atoms with van der Waals surface area (Å²) in [4.78, 5) is 0. The summed E-state index contributed by atoms with van der Waals surface area (Å²) in [5, 5.41) is 8.26. The number of hydrazone groups is 1. The molecule has 4 nitrogen and oxygen atoms in total. The molecule has 0 amide bonds. The molecular weight excluding hydrogens is 282 g/mol. The van der Waals surface area contributed by atoms with Gasteiger partial charge >= 0.3 is 0 Å². The summed E-state index contributed by atoms with van der Waals surface area (Å²) in [6, 6.07) is 7.48. The van der Waals surface area contributed by atoms with E-state index in [-0.39, 0.29) is 6.10 Å². The van der Waals surface area contributed by atoms with Gasteiger partial charge in [-0.05, 0) is 31.1 Å². The van der Waals surface area contributed by atoms with Gasteiger partial charge in [-0.15, -0.1) is 0 Å². The van der Waals surface area contributed by atoms with E-state index in [4.69, 9.17) is 28.6 Å². The van der Waals surface area contributed by atoms with Crippen molar-refractivity contribution in [3.63, 3.8) is 0 Å². The second kappa shape index (κ2) is 7.43. The van der Waals surface area contributed by atoms with Crippen LogP contribution in [-0.2, 0) is 4.74 Å². The zero-order valence-electron chi connectivity index (χ0n) is 10.4. The van der Waals surface area contributed by atoms with Crippen LogP contribution in [0.5, 0.6) is 0 Å². The number of rotatable bonds is 4. The maximum absolute atomic E-state index is 6.00. The number of hydrogen-bond donors (Lipinski definition) is 2. The largest absolute Gasteiger partial charge is 0.376 e. The standard InChI is InChI=1S/C13H16ClN3OS/c14-12-6-2-1-4-10(12)8-16-17-13(19)15-9-11-5-3-7-18-11/h1-2,4,6,8,11H,3,5,7,9H2,(H2,15,17,19)/b16-8-/t11-/m0/s1. The van der Waals surface area contributed by atoms with Gasteiger partial charge in [-0.25, -0.2) is 0 Å². The van der Waals surface area contributed by atoms with E-state index in [0.29, 0.717) is 16.7 Å². The molecule has 0 saturated carbocycles. The Labute approximate surface area is 123 Å². The van der Waals surface area contributed by atoms with Crippen LogP contribution in [-0.4, -0.2) is 30.6 Å². The minimum Gasteiger partial charge on any atom is -0.376 e. The summed E-state index contributed by atoms with van der Waals surface area (Å²) in [7, 11) is 0. The van der Waals surface area contributed by atoms with Gasteiger partial charge in [-0.1, -0.05) is 29.8 Å². The van der Waals surface area contributed by atoms with Crippen LogP contribution in [0.3, 0.4) is 0 Å². The van der Waals surface area contributed by atoms with E-state index in [1.807, 2.05) is 24.3 Å². The molecule has 0 aromatic heterocycles. The van der Waals surface area contributed by atoms with Crippen molar-refractivity contribution < 1.29 is 4.74 Å². The molecule has 0 radical (unpaired) electrons. The average Bonchev–Trinajstić information content (AvgIpc) is 2.92. The second-order valence-corrected chi connectivity index (χ2v) is 5.05. The van der Waals surface area contributed by atoms with Crippen molar-refractivity contribution in [2.24, 2.45) is 5.10 Å². The summed E-state index contributed by atoms with van der Waals surface area (Å²) >= 11 is 11.1. The Bertz CT molecular complexity index is 461. The first-order chi connectivity index (χ1) is 9.25. The smallest absolute Gasteiger partial charge is 0.187 e. The third kappa shape index (κ3) is 4.78. The first kappa shape index (κ1) is 14.2. The van der Waals surface area contributed by atoms with E-state index in [9.17, 15) is 0 Å². The Morgan fingerprint density at radius 3 is 3.11 bits per heavy atom. The number of thiocarbonyl (C=S) groups is 1. The van der Waals surface area contributed by atoms with Gasteiger partial charge in [0.25, 0.3) is 0 Å². The number of hydrogen-bond acceptors (Lipinski definition) is 3. The van der Waals surface area contributed by atoms with Crippen LogP contribution in [0.4, 0.5) is 0 Å². The molecule has 0 aliphatic carbocycles. The van der Waals surface area contributed by atoms with Crippen LogP contribution in [0.2, 0.25) is 5.02 Å². The van der Waals surface area contributed by atoms with Gasteiger partial charge in [0.15, 0.2) is 5.11 Å². The van der Waals surface area contributed by atoms with Gasteiger partial charge in [-0.2, -0.15) is 5.10 Å². The number of nitrogens with zero attached hydrogens (tertiary/aromatic N) is 1. The molecule has 1 saturated heterocycles. The lowest BCUT2D eigenvalue weighted by Gasteiger charge is -2.11. The first-order valence-electron chi connectivity index (χ1n) is 6.19. The van der Waals surface area contributed by atoms with Gasteiger partial charge in [0.2, 0.25) is 0 Å². The van der Waals surface area contributed by atoms with Crippen molar-refractivity contribution in [3.8, 4) is 0 Å². The molecular formula is C13H16ClN3OS. The summed E-state index contributed by atoms with van der Waals surface area (Å²) in [6.07, 6.45) is 4.10. The summed E-state index contributed by atoms with van der Waals surface area (Å²) < 4.78 is 5.49. The highest BCUT2D eigenvalue weighted by molar-refractivity contribution is 7.80. The van der Waals surface area contributed by atoms with E-state index in [2.05, 4.69) is 15.8 Å². The van der Waals surface area contributed by atoms with Crippen molar-refractivity contribution in [1.29, 1.82) is 0 Å². The Hall–Kier alpha value is -1.17. The molecule has 2 N–H and O–H groups in total. The van der Waals surface area contributed by atoms with Crippen LogP contribution in [0.1, 0.15) is 18.4 Å². The predicted molar refractivity (Wildman–Crippen MR) is 81.8 cm³/mol. The SMILES string of the molecule is S=C(NC[C@@H]1CCCO1)N/N=C\c1ccccc1Cl. The van der Waals surface area contributed by atoms with Crippen LogP contribution >= 0.6 is 23.8 Å². The quantitative estimate of drug-likeness (QED) is 0.509. The summed E-state index contributed by atoms with van der Waals surface area (Å²) in [6.45, 7) is 1.56. The Morgan fingerprint density at radius 1 is 1.53 bits per heavy atom. The molecule has 19 heavy (non-hydrogen) atoms. The molecule has 1 fully saturated rings. The maximum atomic E-state index is 6.00. The topological polar surface area (TPSA) is 45.6 Å². The minimum atomic E-state index is 0.257. The Kier molecular flexibility index (Phi) is 5.57. The van der Waals surface area contributed by atoms with Gasteiger partial charge in [0, 0.05) is 23.7 Å². The number of ether oxygens (including phenoxy) is 1. The Balaban J connectivity index is 1.72. The molecule has 1 atom stereocenters. The minimum absolute atomic E-state index is 0.257. The van der Waals surface area contributed by atoms with Crippen molar-refractivity contribution in [1.82, 2.24) is 10.7 Å². The first-order valence-corrected chi connectivity index (χ1v) is 6.97. The van der Waals surface area contributed by atoms with Crippen LogP contribution in [0, 0.1) is 0 Å². The lowest BCUT2D eigenvalue weighted by Crippen LogP contribution is -2.37. The third-order valence-electron chi connectivity index (χ3n) is 2.79. The van der Waals surface area contributed by atoms with Crippen LogP contribution in [0.25, 0.3) is 0 Å². The van der Waals surface area contributed by atoms with Crippen molar-refractivity contribution in [3.05, 3.63) is 34.9 Å². The number of benzene rings is 1. The van der Waals surface area contributed by atoms with Gasteiger partial charge in [0.1, 0.15) is 0 Å². The van der Waals surface area contributed by atoms with Gasteiger partial charge in [-0.3, -0.25) is 5.43 Å². The van der Waals surface area contributed by atoms with E-state index in [0.717, 1.165) is 25.0 Å². The zero-order chi connectivity index (χ0) is 13.5. The lowest BCUT2D eigenvalue weighted by molar-refractivity contribution is 0.114. The Morgan fingerprint density at radius 2 is 2.37 bits per heavy atom. The molecule has 1 aromatic carbocycles. The van der Waals surface area contributed by atoms with Gasteiger partial charge < -0.3 is 10.1 Å². The molecule has 6 heteroatoms. The molecule has 1 aliphatic heterocycles. The fourth-order valence-electron chi connectivity index (χ4n) is 1.79. The molecule has 0 unspecified atom stereocenters. The van der Waals surface area contributed by atoms with Crippen molar-refractivity contribution in [2.45, 2.75) is 18.9 Å². The van der Waals surface area contributed by atoms with Crippen molar-refractivity contribution >= 4 is 35.1 Å². The molecule has 0 spiro atoms. The monoisotopic (exact) mass is 297 g/mol. The summed E-state index contributed by atoms with van der Waals surface area (Å²) in [5.41, 5.74) is 3.60. The lowest BCUT2D eigenvalue weighted by atomic mass is 10.2. The second-order valence-electron chi connectivity index (χ2n) is 4.24. The van der Waals surface area contributed by atoms with Crippen LogP contribution < -0.4 is 10.7 Å². The highest BCUT2D eigenvalue weighted by Gasteiger charge is 2.14. The highest BCUT2D eigenvalue weighted by Crippen LogP contribution is 2.12. The van der Waals surface area contributed by atoms with E-state index in [1.165, 1.54) is 0 Å². The van der Waals surface area contributed by atoms with E-state index < -0.39 is 0 Å². The van der Waals surface area contributed by atoms with E-state index >= 15 is 0 Å². The third-order valence-corrected chi connectivity index (χ3v) is 3.37. The maximum Gasteiger partial charge on any atom is 0.187 e. The normalized spacial score (nSPS) is 18.7. The summed E-state index contributed by atoms with van der Waals surface area (Å²) in [5.74, 6) is 0. The average molecular weight is 298 g/mol. The molecule has 1 heterocycles. The highest BCUT2D eigenvalue weighted by atomic mass is 35.5. The van der Waals surface area contributed by atoms with Gasteiger partial charge in [0.05, 0.1) is 12.3 Å². The number of halogens is 1. The number of nitrogens with one attached hydrogen (secondary N) is 2. The van der Waals surface area contributed by atoms with E-state index in [1.54, 1.807) is 6.21 Å². The van der Waals surface area contributed by atoms with Crippen LogP contribution in [0.15, 0.2) is 29.4 Å². The fraction of sp³-hybridized carbons (Fsp3) is 0.385.